The first-order valence-electron chi connectivity index (χ1n) is 8.80. The zero-order valence-corrected chi connectivity index (χ0v) is 17.2. The smallest absolute Gasteiger partial charge is 0.238 e. The summed E-state index contributed by atoms with van der Waals surface area (Å²) in [6.45, 7) is 2.92. The summed E-state index contributed by atoms with van der Waals surface area (Å²) in [5.74, 6) is 0.0234. The van der Waals surface area contributed by atoms with Gasteiger partial charge in [-0.2, -0.15) is 0 Å². The lowest BCUT2D eigenvalue weighted by atomic mass is 10.1. The van der Waals surface area contributed by atoms with E-state index in [4.69, 9.17) is 11.6 Å². The summed E-state index contributed by atoms with van der Waals surface area (Å²) in [5, 5.41) is 3.35. The summed E-state index contributed by atoms with van der Waals surface area (Å²) in [6, 6.07) is 15.0. The molecule has 0 spiro atoms. The number of nitrogens with one attached hydrogen (secondary N) is 1. The van der Waals surface area contributed by atoms with Gasteiger partial charge in [0.1, 0.15) is 0 Å². The zero-order valence-electron chi connectivity index (χ0n) is 14.8. The molecule has 0 unspecified atom stereocenters. The van der Waals surface area contributed by atoms with Crippen LogP contribution >= 0.6 is 27.5 Å². The molecule has 7 heteroatoms. The molecule has 0 aromatic heterocycles. The van der Waals surface area contributed by atoms with E-state index in [1.807, 2.05) is 41.3 Å². The highest BCUT2D eigenvalue weighted by atomic mass is 79.9. The lowest BCUT2D eigenvalue weighted by Gasteiger charge is -2.34. The minimum absolute atomic E-state index is 0.0993. The van der Waals surface area contributed by atoms with E-state index in [2.05, 4.69) is 26.1 Å². The maximum atomic E-state index is 12.5. The monoisotopic (exact) mass is 449 g/mol. The number of piperazine rings is 1. The first kappa shape index (κ1) is 19.9. The van der Waals surface area contributed by atoms with E-state index < -0.39 is 0 Å². The molecule has 0 bridgehead atoms. The van der Waals surface area contributed by atoms with Crippen LogP contribution in [0.3, 0.4) is 0 Å². The molecule has 142 valence electrons. The molecule has 2 amide bonds. The fraction of sp³-hybridized carbons (Fsp3) is 0.300. The number of amides is 2. The van der Waals surface area contributed by atoms with Gasteiger partial charge in [0.15, 0.2) is 0 Å². The molecule has 0 atom stereocenters. The van der Waals surface area contributed by atoms with Crippen molar-refractivity contribution in [1.29, 1.82) is 0 Å². The number of nitrogens with zero attached hydrogens (tertiary/aromatic N) is 2. The minimum Gasteiger partial charge on any atom is -0.340 e. The van der Waals surface area contributed by atoms with Crippen LogP contribution in [0.4, 0.5) is 5.69 Å². The predicted molar refractivity (Wildman–Crippen MR) is 111 cm³/mol. The standard InChI is InChI=1S/C20H21BrClN3O2/c21-16-7-5-15(6-8-16)13-20(27)25-11-9-24(10-12-25)14-19(26)23-18-4-2-1-3-17(18)22/h1-8H,9-14H2,(H,23,26). The molecule has 1 saturated heterocycles. The Balaban J connectivity index is 1.44. The van der Waals surface area contributed by atoms with Crippen molar-refractivity contribution < 1.29 is 9.59 Å². The van der Waals surface area contributed by atoms with E-state index in [0.29, 0.717) is 49.9 Å². The Hall–Kier alpha value is -1.89. The highest BCUT2D eigenvalue weighted by Crippen LogP contribution is 2.20. The average molecular weight is 451 g/mol. The molecule has 1 heterocycles. The van der Waals surface area contributed by atoms with E-state index >= 15 is 0 Å². The van der Waals surface area contributed by atoms with Crippen LogP contribution in [0.5, 0.6) is 0 Å². The normalized spacial score (nSPS) is 14.8. The van der Waals surface area contributed by atoms with Gasteiger partial charge in [-0.25, -0.2) is 0 Å². The van der Waals surface area contributed by atoms with Crippen molar-refractivity contribution in [2.24, 2.45) is 0 Å². The van der Waals surface area contributed by atoms with Crippen molar-refractivity contribution in [2.75, 3.05) is 38.0 Å². The molecule has 2 aromatic carbocycles. The minimum atomic E-state index is -0.0993. The van der Waals surface area contributed by atoms with Crippen LogP contribution in [0.15, 0.2) is 53.0 Å². The Morgan fingerprint density at radius 3 is 2.33 bits per heavy atom. The van der Waals surface area contributed by atoms with Crippen LogP contribution < -0.4 is 5.32 Å². The summed E-state index contributed by atoms with van der Waals surface area (Å²) < 4.78 is 1.00. The third kappa shape index (κ3) is 5.79. The number of hydrogen-bond donors (Lipinski definition) is 1. The Kier molecular flexibility index (Phi) is 6.88. The molecule has 2 aromatic rings. The lowest BCUT2D eigenvalue weighted by Crippen LogP contribution is -2.50. The highest BCUT2D eigenvalue weighted by molar-refractivity contribution is 9.10. The molecule has 3 rings (SSSR count). The summed E-state index contributed by atoms with van der Waals surface area (Å²) in [7, 11) is 0. The largest absolute Gasteiger partial charge is 0.340 e. The fourth-order valence-corrected chi connectivity index (χ4v) is 3.45. The Morgan fingerprint density at radius 2 is 1.67 bits per heavy atom. The van der Waals surface area contributed by atoms with Gasteiger partial charge in [0.25, 0.3) is 0 Å². The van der Waals surface area contributed by atoms with Crippen LogP contribution in [0.1, 0.15) is 5.56 Å². The average Bonchev–Trinajstić information content (AvgIpc) is 2.66. The molecule has 27 heavy (non-hydrogen) atoms. The summed E-state index contributed by atoms with van der Waals surface area (Å²) in [6.07, 6.45) is 0.403. The summed E-state index contributed by atoms with van der Waals surface area (Å²) in [5.41, 5.74) is 1.62. The van der Waals surface area contributed by atoms with Crippen molar-refractivity contribution in [3.8, 4) is 0 Å². The van der Waals surface area contributed by atoms with E-state index in [1.165, 1.54) is 0 Å². The van der Waals surface area contributed by atoms with Crippen molar-refractivity contribution in [3.63, 3.8) is 0 Å². The van der Waals surface area contributed by atoms with E-state index in [1.54, 1.807) is 12.1 Å². The van der Waals surface area contributed by atoms with Crippen LogP contribution in [0.2, 0.25) is 5.02 Å². The maximum Gasteiger partial charge on any atom is 0.238 e. The molecule has 1 fully saturated rings. The highest BCUT2D eigenvalue weighted by Gasteiger charge is 2.22. The Labute approximate surface area is 172 Å². The van der Waals surface area contributed by atoms with Gasteiger partial charge in [0, 0.05) is 30.7 Å². The maximum absolute atomic E-state index is 12.5. The van der Waals surface area contributed by atoms with Crippen molar-refractivity contribution in [2.45, 2.75) is 6.42 Å². The van der Waals surface area contributed by atoms with Gasteiger partial charge in [-0.3, -0.25) is 14.5 Å². The van der Waals surface area contributed by atoms with Gasteiger partial charge in [0.2, 0.25) is 11.8 Å². The molecule has 0 saturated carbocycles. The molecule has 1 aliphatic heterocycles. The second kappa shape index (κ2) is 9.35. The van der Waals surface area contributed by atoms with E-state index in [-0.39, 0.29) is 11.8 Å². The van der Waals surface area contributed by atoms with E-state index in [0.717, 1.165) is 10.0 Å². The molecule has 0 radical (unpaired) electrons. The fourth-order valence-electron chi connectivity index (χ4n) is 3.00. The van der Waals surface area contributed by atoms with Crippen LogP contribution in [0.25, 0.3) is 0 Å². The summed E-state index contributed by atoms with van der Waals surface area (Å²) >= 11 is 9.46. The quantitative estimate of drug-likeness (QED) is 0.759. The van der Waals surface area contributed by atoms with Gasteiger partial charge < -0.3 is 10.2 Å². The second-order valence-corrected chi connectivity index (χ2v) is 7.81. The van der Waals surface area contributed by atoms with E-state index in [9.17, 15) is 9.59 Å². The lowest BCUT2D eigenvalue weighted by molar-refractivity contribution is -0.132. The Morgan fingerprint density at radius 1 is 1.00 bits per heavy atom. The number of halogens is 2. The Bertz CT molecular complexity index is 805. The first-order chi connectivity index (χ1) is 13.0. The molecular formula is C20H21BrClN3O2. The van der Waals surface area contributed by atoms with Gasteiger partial charge in [0.05, 0.1) is 23.7 Å². The number of para-hydroxylation sites is 1. The van der Waals surface area contributed by atoms with Gasteiger partial charge in [-0.15, -0.1) is 0 Å². The van der Waals surface area contributed by atoms with Crippen LogP contribution in [0, 0.1) is 0 Å². The third-order valence-electron chi connectivity index (χ3n) is 4.51. The molecule has 5 nitrogen and oxygen atoms in total. The number of benzene rings is 2. The van der Waals surface area contributed by atoms with Crippen molar-refractivity contribution in [3.05, 3.63) is 63.6 Å². The van der Waals surface area contributed by atoms with Crippen LogP contribution in [-0.4, -0.2) is 54.3 Å². The first-order valence-corrected chi connectivity index (χ1v) is 9.97. The number of carbonyl (C=O) groups is 2. The third-order valence-corrected chi connectivity index (χ3v) is 5.37. The van der Waals surface area contributed by atoms with Gasteiger partial charge in [-0.1, -0.05) is 51.8 Å². The summed E-state index contributed by atoms with van der Waals surface area (Å²) in [4.78, 5) is 28.6. The number of anilines is 1. The molecule has 0 aliphatic carbocycles. The second-order valence-electron chi connectivity index (χ2n) is 6.49. The zero-order chi connectivity index (χ0) is 19.2. The molecule has 1 aliphatic rings. The van der Waals surface area contributed by atoms with Gasteiger partial charge in [-0.05, 0) is 29.8 Å². The van der Waals surface area contributed by atoms with Crippen molar-refractivity contribution in [1.82, 2.24) is 9.80 Å². The van der Waals surface area contributed by atoms with Gasteiger partial charge >= 0.3 is 0 Å². The number of carbonyl (C=O) groups excluding carboxylic acids is 2. The van der Waals surface area contributed by atoms with Crippen molar-refractivity contribution >= 4 is 45.0 Å². The molecular weight excluding hydrogens is 430 g/mol. The van der Waals surface area contributed by atoms with Crippen LogP contribution in [-0.2, 0) is 16.0 Å². The SMILES string of the molecule is O=C(CN1CCN(C(=O)Cc2ccc(Br)cc2)CC1)Nc1ccccc1Cl. The topological polar surface area (TPSA) is 52.7 Å². The molecule has 1 N–H and O–H groups in total. The predicted octanol–water partition coefficient (Wildman–Crippen LogP) is 3.43. The number of rotatable bonds is 5. The number of hydrogen-bond acceptors (Lipinski definition) is 3.